The van der Waals surface area contributed by atoms with Gasteiger partial charge in [-0.05, 0) is 20.8 Å². The predicted molar refractivity (Wildman–Crippen MR) is 56.4 cm³/mol. The van der Waals surface area contributed by atoms with E-state index in [1.165, 1.54) is 7.05 Å². The van der Waals surface area contributed by atoms with Crippen LogP contribution in [0.15, 0.2) is 0 Å². The lowest BCUT2D eigenvalue weighted by atomic mass is 10.1. The molecule has 0 aliphatic rings. The first-order valence-electron chi connectivity index (χ1n) is 4.13. The van der Waals surface area contributed by atoms with E-state index in [2.05, 4.69) is 4.72 Å². The van der Waals surface area contributed by atoms with Gasteiger partial charge < -0.3 is 5.73 Å². The Kier molecular flexibility index (Phi) is 4.04. The molecule has 6 nitrogen and oxygen atoms in total. The molecule has 84 valence electrons. The Morgan fingerprint density at radius 3 is 2.21 bits per heavy atom. The van der Waals surface area contributed by atoms with Gasteiger partial charge in [-0.25, -0.2) is 0 Å². The van der Waals surface area contributed by atoms with Gasteiger partial charge in [0, 0.05) is 12.6 Å². The van der Waals surface area contributed by atoms with E-state index in [-0.39, 0.29) is 12.4 Å². The molecule has 0 rings (SSSR count). The predicted octanol–water partition coefficient (Wildman–Crippen LogP) is -0.513. The molecule has 0 radical (unpaired) electrons. The molecule has 0 aromatic heterocycles. The third-order valence-corrected chi connectivity index (χ3v) is 3.06. The van der Waals surface area contributed by atoms with Crippen molar-refractivity contribution in [2.75, 3.05) is 13.6 Å². The molecule has 0 aromatic carbocycles. The highest BCUT2D eigenvalue weighted by Gasteiger charge is 2.24. The van der Waals surface area contributed by atoms with Gasteiger partial charge in [0.1, 0.15) is 5.84 Å². The molecule has 0 aliphatic heterocycles. The quantitative estimate of drug-likeness (QED) is 0.441. The average molecular weight is 222 g/mol. The molecule has 14 heavy (non-hydrogen) atoms. The maximum absolute atomic E-state index is 11.5. The summed E-state index contributed by atoms with van der Waals surface area (Å²) < 4.78 is 26.5. The lowest BCUT2D eigenvalue weighted by Crippen LogP contribution is -2.49. The average Bonchev–Trinajstić information content (AvgIpc) is 1.78. The molecular formula is C7H18N4O2S. The number of amidine groups is 1. The van der Waals surface area contributed by atoms with Crippen LogP contribution in [0.2, 0.25) is 0 Å². The van der Waals surface area contributed by atoms with Gasteiger partial charge >= 0.3 is 0 Å². The molecule has 4 N–H and O–H groups in total. The Bertz CT molecular complexity index is 304. The van der Waals surface area contributed by atoms with Gasteiger partial charge in [-0.15, -0.1) is 0 Å². The van der Waals surface area contributed by atoms with E-state index in [9.17, 15) is 8.42 Å². The van der Waals surface area contributed by atoms with Crippen molar-refractivity contribution in [1.29, 1.82) is 5.41 Å². The maximum Gasteiger partial charge on any atom is 0.280 e. The minimum Gasteiger partial charge on any atom is -0.387 e. The van der Waals surface area contributed by atoms with Crippen molar-refractivity contribution in [3.05, 3.63) is 0 Å². The van der Waals surface area contributed by atoms with E-state index in [4.69, 9.17) is 11.1 Å². The number of nitrogens with two attached hydrogens (primary N) is 1. The van der Waals surface area contributed by atoms with Crippen LogP contribution in [0.3, 0.4) is 0 Å². The van der Waals surface area contributed by atoms with Crippen molar-refractivity contribution in [2.24, 2.45) is 5.73 Å². The number of nitrogens with zero attached hydrogens (tertiary/aromatic N) is 1. The fourth-order valence-corrected chi connectivity index (χ4v) is 2.03. The summed E-state index contributed by atoms with van der Waals surface area (Å²) in [6.45, 7) is 5.12. The van der Waals surface area contributed by atoms with Gasteiger partial charge in [0.05, 0.1) is 6.54 Å². The van der Waals surface area contributed by atoms with Gasteiger partial charge in [0.25, 0.3) is 10.2 Å². The van der Waals surface area contributed by atoms with Crippen molar-refractivity contribution >= 4 is 16.0 Å². The Morgan fingerprint density at radius 2 is 1.93 bits per heavy atom. The largest absolute Gasteiger partial charge is 0.387 e. The third-order valence-electron chi connectivity index (χ3n) is 1.24. The molecule has 0 atom stereocenters. The number of likely N-dealkylation sites (N-methyl/N-ethyl adjacent to an activating group) is 1. The smallest absolute Gasteiger partial charge is 0.280 e. The topological polar surface area (TPSA) is 99.3 Å². The summed E-state index contributed by atoms with van der Waals surface area (Å²) in [5.74, 6) is -0.188. The van der Waals surface area contributed by atoms with Gasteiger partial charge in [-0.3, -0.25) is 5.41 Å². The second kappa shape index (κ2) is 4.24. The van der Waals surface area contributed by atoms with Crippen molar-refractivity contribution in [1.82, 2.24) is 9.03 Å². The van der Waals surface area contributed by atoms with Crippen LogP contribution in [0.5, 0.6) is 0 Å². The Balaban J connectivity index is 4.56. The zero-order valence-electron chi connectivity index (χ0n) is 8.96. The van der Waals surface area contributed by atoms with Gasteiger partial charge in [0.2, 0.25) is 0 Å². The summed E-state index contributed by atoms with van der Waals surface area (Å²) in [4.78, 5) is 0. The molecule has 0 spiro atoms. The molecule has 0 amide bonds. The lowest BCUT2D eigenvalue weighted by Gasteiger charge is -2.24. The van der Waals surface area contributed by atoms with E-state index in [1.807, 2.05) is 0 Å². The highest BCUT2D eigenvalue weighted by Crippen LogP contribution is 2.04. The summed E-state index contributed by atoms with van der Waals surface area (Å²) in [7, 11) is -2.18. The summed E-state index contributed by atoms with van der Waals surface area (Å²) in [5.41, 5.74) is 4.57. The van der Waals surface area contributed by atoms with Crippen LogP contribution in [0.25, 0.3) is 0 Å². The minimum absolute atomic E-state index is 0.106. The van der Waals surface area contributed by atoms with Crippen molar-refractivity contribution in [3.8, 4) is 0 Å². The van der Waals surface area contributed by atoms with E-state index in [0.717, 1.165) is 4.31 Å². The number of hydrogen-bond acceptors (Lipinski definition) is 3. The first-order chi connectivity index (χ1) is 6.04. The summed E-state index contributed by atoms with van der Waals surface area (Å²) in [5, 5.41) is 6.98. The molecule has 0 aliphatic carbocycles. The summed E-state index contributed by atoms with van der Waals surface area (Å²) >= 11 is 0. The zero-order chi connectivity index (χ0) is 11.6. The molecule has 0 fully saturated rings. The van der Waals surface area contributed by atoms with Crippen LogP contribution in [0, 0.1) is 5.41 Å². The molecule has 0 unspecified atom stereocenters. The monoisotopic (exact) mass is 222 g/mol. The van der Waals surface area contributed by atoms with E-state index in [0.29, 0.717) is 0 Å². The molecular weight excluding hydrogens is 204 g/mol. The molecule has 0 bridgehead atoms. The molecule has 0 saturated heterocycles. The number of nitrogens with one attached hydrogen (secondary N) is 2. The lowest BCUT2D eigenvalue weighted by molar-refractivity contribution is 0.442. The second-order valence-electron chi connectivity index (χ2n) is 4.14. The molecule has 0 saturated carbocycles. The standard InChI is InChI=1S/C7H18N4O2S/c1-7(2,3)10-14(12,13)11(4)5-6(8)9/h10H,5H2,1-4H3,(H3,8,9). The van der Waals surface area contributed by atoms with E-state index >= 15 is 0 Å². The fraction of sp³-hybridized carbons (Fsp3) is 0.857. The van der Waals surface area contributed by atoms with E-state index < -0.39 is 15.7 Å². The van der Waals surface area contributed by atoms with Crippen LogP contribution in [-0.4, -0.2) is 37.7 Å². The summed E-state index contributed by atoms with van der Waals surface area (Å²) in [6.07, 6.45) is 0. The van der Waals surface area contributed by atoms with Crippen molar-refractivity contribution in [3.63, 3.8) is 0 Å². The first kappa shape index (κ1) is 13.3. The first-order valence-corrected chi connectivity index (χ1v) is 5.57. The van der Waals surface area contributed by atoms with E-state index in [1.54, 1.807) is 20.8 Å². The third kappa shape index (κ3) is 5.15. The molecule has 0 heterocycles. The van der Waals surface area contributed by atoms with Gasteiger partial charge in [-0.2, -0.15) is 17.4 Å². The fourth-order valence-electron chi connectivity index (χ4n) is 0.790. The van der Waals surface area contributed by atoms with Crippen LogP contribution in [0.1, 0.15) is 20.8 Å². The SMILES string of the molecule is CN(CC(=N)N)S(=O)(=O)NC(C)(C)C. The molecule has 7 heteroatoms. The van der Waals surface area contributed by atoms with Gasteiger partial charge in [0.15, 0.2) is 0 Å². The number of hydrogen-bond donors (Lipinski definition) is 3. The van der Waals surface area contributed by atoms with Crippen LogP contribution >= 0.6 is 0 Å². The molecule has 0 aromatic rings. The van der Waals surface area contributed by atoms with Crippen LogP contribution in [-0.2, 0) is 10.2 Å². The Hall–Kier alpha value is -0.660. The Labute approximate surface area is 85.2 Å². The van der Waals surface area contributed by atoms with Crippen molar-refractivity contribution in [2.45, 2.75) is 26.3 Å². The minimum atomic E-state index is -3.55. The van der Waals surface area contributed by atoms with Gasteiger partial charge in [-0.1, -0.05) is 0 Å². The summed E-state index contributed by atoms with van der Waals surface area (Å²) in [6, 6.07) is 0. The highest BCUT2D eigenvalue weighted by atomic mass is 32.2. The second-order valence-corrected chi connectivity index (χ2v) is 5.92. The van der Waals surface area contributed by atoms with Crippen LogP contribution < -0.4 is 10.5 Å². The van der Waals surface area contributed by atoms with Crippen molar-refractivity contribution < 1.29 is 8.42 Å². The zero-order valence-corrected chi connectivity index (χ0v) is 9.77. The maximum atomic E-state index is 11.5. The Morgan fingerprint density at radius 1 is 1.50 bits per heavy atom. The van der Waals surface area contributed by atoms with Crippen LogP contribution in [0.4, 0.5) is 0 Å². The normalized spacial score (nSPS) is 13.2. The number of rotatable bonds is 4. The highest BCUT2D eigenvalue weighted by molar-refractivity contribution is 7.87.